The molecule has 0 unspecified atom stereocenters. The predicted octanol–water partition coefficient (Wildman–Crippen LogP) is 2.48. The molecule has 0 aliphatic rings. The summed E-state index contributed by atoms with van der Waals surface area (Å²) in [6.45, 7) is 4.58. The third-order valence-corrected chi connectivity index (χ3v) is 5.41. The molecule has 0 aliphatic heterocycles. The van der Waals surface area contributed by atoms with Crippen LogP contribution in [-0.4, -0.2) is 35.2 Å². The zero-order valence-electron chi connectivity index (χ0n) is 19.3. The lowest BCUT2D eigenvalue weighted by Crippen LogP contribution is -2.40. The Morgan fingerprint density at radius 1 is 1.06 bits per heavy atom. The molecule has 0 saturated heterocycles. The summed E-state index contributed by atoms with van der Waals surface area (Å²) in [5.74, 6) is -1.74. The van der Waals surface area contributed by atoms with Crippen LogP contribution in [0.2, 0.25) is 0 Å². The Morgan fingerprint density at radius 2 is 1.80 bits per heavy atom. The quantitative estimate of drug-likeness (QED) is 0.335. The average Bonchev–Trinajstić information content (AvgIpc) is 3.44. The fourth-order valence-corrected chi connectivity index (χ4v) is 3.86. The van der Waals surface area contributed by atoms with Gasteiger partial charge in [0.2, 0.25) is 5.91 Å². The van der Waals surface area contributed by atoms with Crippen LogP contribution in [0.1, 0.15) is 43.8 Å². The number of aromatic nitrogens is 6. The highest BCUT2D eigenvalue weighted by Gasteiger charge is 2.17. The summed E-state index contributed by atoms with van der Waals surface area (Å²) in [5, 5.41) is 9.43. The number of aromatic amines is 2. The van der Waals surface area contributed by atoms with Crippen LogP contribution in [0, 0.1) is 11.6 Å². The molecule has 3 heterocycles. The Labute approximate surface area is 198 Å². The number of amides is 1. The lowest BCUT2D eigenvalue weighted by Gasteiger charge is -2.09. The molecule has 0 spiro atoms. The van der Waals surface area contributed by atoms with Crippen molar-refractivity contribution in [3.05, 3.63) is 73.8 Å². The third-order valence-electron chi connectivity index (χ3n) is 5.41. The van der Waals surface area contributed by atoms with Gasteiger partial charge in [-0.15, -0.1) is 0 Å². The van der Waals surface area contributed by atoms with Crippen LogP contribution < -0.4 is 16.6 Å². The van der Waals surface area contributed by atoms with Crippen molar-refractivity contribution < 1.29 is 13.6 Å². The molecular weight excluding hydrogens is 460 g/mol. The van der Waals surface area contributed by atoms with Crippen LogP contribution in [0.4, 0.5) is 14.6 Å². The molecule has 1 amide bonds. The number of carbonyl (C=O) groups is 1. The minimum Gasteiger partial charge on any atom is -0.336 e. The van der Waals surface area contributed by atoms with Gasteiger partial charge in [-0.05, 0) is 30.5 Å². The summed E-state index contributed by atoms with van der Waals surface area (Å²) in [6, 6.07) is 4.88. The summed E-state index contributed by atoms with van der Waals surface area (Å²) < 4.78 is 29.1. The van der Waals surface area contributed by atoms with Crippen molar-refractivity contribution in [1.82, 2.24) is 29.3 Å². The fourth-order valence-electron chi connectivity index (χ4n) is 3.86. The first kappa shape index (κ1) is 24.0. The molecule has 35 heavy (non-hydrogen) atoms. The number of carbonyl (C=O) groups excluding carboxylic acids is 1. The number of H-pyrrole nitrogens is 2. The molecule has 10 nitrogen and oxygen atoms in total. The number of hydrogen-bond donors (Lipinski definition) is 3. The SMILES string of the molecule is CCCn1c(=O)c2[nH]c(Cc3cc(NC(=O)Cc4ccc(F)c(F)c4)n[nH]3)nc2n(CCC)c1=O. The molecule has 3 aromatic heterocycles. The topological polar surface area (TPSA) is 130 Å². The minimum atomic E-state index is -1.02. The third kappa shape index (κ3) is 5.05. The summed E-state index contributed by atoms with van der Waals surface area (Å²) in [6.07, 6.45) is 1.44. The fraction of sp³-hybridized carbons (Fsp3) is 0.348. The Bertz CT molecular complexity index is 1500. The Hall–Kier alpha value is -4.09. The summed E-state index contributed by atoms with van der Waals surface area (Å²) in [5.41, 5.74) is 0.714. The van der Waals surface area contributed by atoms with E-state index >= 15 is 0 Å². The van der Waals surface area contributed by atoms with Gasteiger partial charge in [-0.1, -0.05) is 19.9 Å². The van der Waals surface area contributed by atoms with Crippen LogP contribution in [0.3, 0.4) is 0 Å². The molecular formula is C23H25F2N7O3. The smallest absolute Gasteiger partial charge is 0.332 e. The van der Waals surface area contributed by atoms with Crippen LogP contribution in [0.25, 0.3) is 11.2 Å². The van der Waals surface area contributed by atoms with Crippen molar-refractivity contribution in [2.75, 3.05) is 5.32 Å². The van der Waals surface area contributed by atoms with Gasteiger partial charge in [0.1, 0.15) is 11.3 Å². The Balaban J connectivity index is 1.52. The number of anilines is 1. The number of imidazole rings is 1. The maximum absolute atomic E-state index is 13.3. The van der Waals surface area contributed by atoms with Crippen LogP contribution in [0.5, 0.6) is 0 Å². The highest BCUT2D eigenvalue weighted by Crippen LogP contribution is 2.14. The van der Waals surface area contributed by atoms with E-state index < -0.39 is 23.1 Å². The molecule has 184 valence electrons. The van der Waals surface area contributed by atoms with E-state index in [-0.39, 0.29) is 29.9 Å². The first-order valence-electron chi connectivity index (χ1n) is 11.3. The molecule has 0 fully saturated rings. The van der Waals surface area contributed by atoms with Crippen molar-refractivity contribution in [2.24, 2.45) is 0 Å². The van der Waals surface area contributed by atoms with Gasteiger partial charge in [0, 0.05) is 31.3 Å². The van der Waals surface area contributed by atoms with E-state index in [1.165, 1.54) is 15.2 Å². The van der Waals surface area contributed by atoms with Crippen molar-refractivity contribution in [3.8, 4) is 0 Å². The first-order valence-corrected chi connectivity index (χ1v) is 11.3. The number of benzene rings is 1. The second-order valence-electron chi connectivity index (χ2n) is 8.20. The van der Waals surface area contributed by atoms with Gasteiger partial charge in [0.05, 0.1) is 6.42 Å². The van der Waals surface area contributed by atoms with Gasteiger partial charge in [-0.2, -0.15) is 5.10 Å². The molecule has 0 radical (unpaired) electrons. The van der Waals surface area contributed by atoms with Gasteiger partial charge >= 0.3 is 5.69 Å². The normalized spacial score (nSPS) is 11.3. The lowest BCUT2D eigenvalue weighted by atomic mass is 10.1. The highest BCUT2D eigenvalue weighted by molar-refractivity contribution is 5.91. The van der Waals surface area contributed by atoms with Crippen LogP contribution in [-0.2, 0) is 30.7 Å². The zero-order valence-corrected chi connectivity index (χ0v) is 19.3. The van der Waals surface area contributed by atoms with E-state index in [1.807, 2.05) is 13.8 Å². The zero-order chi connectivity index (χ0) is 25.1. The molecule has 0 saturated carbocycles. The molecule has 0 aliphatic carbocycles. The molecule has 3 N–H and O–H groups in total. The summed E-state index contributed by atoms with van der Waals surface area (Å²) in [4.78, 5) is 45.4. The van der Waals surface area contributed by atoms with Gasteiger partial charge in [0.25, 0.3) is 5.56 Å². The lowest BCUT2D eigenvalue weighted by molar-refractivity contribution is -0.115. The molecule has 0 bridgehead atoms. The number of aryl methyl sites for hydroxylation is 1. The molecule has 4 aromatic rings. The summed E-state index contributed by atoms with van der Waals surface area (Å²) in [7, 11) is 0. The molecule has 0 atom stereocenters. The van der Waals surface area contributed by atoms with E-state index in [4.69, 9.17) is 0 Å². The van der Waals surface area contributed by atoms with Crippen LogP contribution >= 0.6 is 0 Å². The van der Waals surface area contributed by atoms with Crippen LogP contribution in [0.15, 0.2) is 33.9 Å². The number of fused-ring (bicyclic) bond motifs is 1. The first-order chi connectivity index (χ1) is 16.8. The van der Waals surface area contributed by atoms with Gasteiger partial charge in [-0.3, -0.25) is 23.8 Å². The minimum absolute atomic E-state index is 0.151. The van der Waals surface area contributed by atoms with Gasteiger partial charge in [-0.25, -0.2) is 18.6 Å². The molecule has 4 rings (SSSR count). The second kappa shape index (κ2) is 10.0. The van der Waals surface area contributed by atoms with E-state index in [1.54, 1.807) is 6.07 Å². The molecule has 12 heteroatoms. The van der Waals surface area contributed by atoms with E-state index in [2.05, 4.69) is 25.5 Å². The Kier molecular flexibility index (Phi) is 6.90. The maximum Gasteiger partial charge on any atom is 0.332 e. The van der Waals surface area contributed by atoms with Gasteiger partial charge in [0.15, 0.2) is 23.1 Å². The van der Waals surface area contributed by atoms with Crippen molar-refractivity contribution in [2.45, 2.75) is 52.6 Å². The van der Waals surface area contributed by atoms with Crippen molar-refractivity contribution in [1.29, 1.82) is 0 Å². The summed E-state index contributed by atoms with van der Waals surface area (Å²) >= 11 is 0. The largest absolute Gasteiger partial charge is 0.336 e. The monoisotopic (exact) mass is 485 g/mol. The van der Waals surface area contributed by atoms with E-state index in [0.29, 0.717) is 48.7 Å². The van der Waals surface area contributed by atoms with E-state index in [0.717, 1.165) is 12.1 Å². The van der Waals surface area contributed by atoms with Crippen molar-refractivity contribution in [3.63, 3.8) is 0 Å². The number of nitrogens with zero attached hydrogens (tertiary/aromatic N) is 4. The second-order valence-corrected chi connectivity index (χ2v) is 8.20. The molecule has 1 aromatic carbocycles. The van der Waals surface area contributed by atoms with Crippen molar-refractivity contribution >= 4 is 22.9 Å². The average molecular weight is 485 g/mol. The number of rotatable bonds is 9. The highest BCUT2D eigenvalue weighted by atomic mass is 19.2. The number of halogens is 2. The Morgan fingerprint density at radius 3 is 2.51 bits per heavy atom. The maximum atomic E-state index is 13.3. The standard InChI is InChI=1S/C23H25F2N7O3/c1-3-7-31-21-20(22(34)32(8-4-2)23(31)35)27-17(28-21)11-14-12-18(30-29-14)26-19(33)10-13-5-6-15(24)16(25)9-13/h5-6,9,12H,3-4,7-8,10-11H2,1-2H3,(H,27,28)(H2,26,29,30,33). The van der Waals surface area contributed by atoms with Gasteiger partial charge < -0.3 is 10.3 Å². The number of nitrogens with one attached hydrogen (secondary N) is 3. The number of hydrogen-bond acceptors (Lipinski definition) is 5. The predicted molar refractivity (Wildman–Crippen MR) is 125 cm³/mol. The van der Waals surface area contributed by atoms with E-state index in [9.17, 15) is 23.2 Å².